The maximum Gasteiger partial charge on any atom is 0.243 e. The lowest BCUT2D eigenvalue weighted by molar-refractivity contribution is -0.141. The second-order valence-electron chi connectivity index (χ2n) is 9.83. The van der Waals surface area contributed by atoms with Crippen molar-refractivity contribution in [2.75, 3.05) is 0 Å². The van der Waals surface area contributed by atoms with Crippen molar-refractivity contribution in [1.82, 2.24) is 10.2 Å². The smallest absolute Gasteiger partial charge is 0.243 e. The molecule has 188 valence electrons. The molecular formula is C31H35ClN2O2. The molecule has 0 heterocycles. The van der Waals surface area contributed by atoms with Crippen molar-refractivity contribution < 1.29 is 9.59 Å². The molecule has 0 aromatic heterocycles. The highest BCUT2D eigenvalue weighted by Crippen LogP contribution is 2.22. The lowest BCUT2D eigenvalue weighted by Gasteiger charge is -2.33. The Morgan fingerprint density at radius 3 is 2.33 bits per heavy atom. The number of carbonyl (C=O) groups excluding carboxylic acids is 2. The first kappa shape index (κ1) is 26.0. The van der Waals surface area contributed by atoms with Crippen molar-refractivity contribution >= 4 is 23.4 Å². The van der Waals surface area contributed by atoms with Gasteiger partial charge in [0.2, 0.25) is 11.8 Å². The molecule has 2 amide bonds. The second-order valence-corrected chi connectivity index (χ2v) is 10.2. The summed E-state index contributed by atoms with van der Waals surface area (Å²) in [5, 5.41) is 3.85. The third-order valence-corrected chi connectivity index (χ3v) is 7.33. The summed E-state index contributed by atoms with van der Waals surface area (Å²) in [5.41, 5.74) is 3.92. The van der Waals surface area contributed by atoms with Crippen LogP contribution in [0.25, 0.3) is 0 Å². The lowest BCUT2D eigenvalue weighted by atomic mass is 9.94. The lowest BCUT2D eigenvalue weighted by Crippen LogP contribution is -2.53. The van der Waals surface area contributed by atoms with E-state index in [9.17, 15) is 9.59 Å². The topological polar surface area (TPSA) is 49.4 Å². The molecule has 1 aliphatic rings. The number of halogens is 1. The van der Waals surface area contributed by atoms with Gasteiger partial charge in [0.25, 0.3) is 0 Å². The summed E-state index contributed by atoms with van der Waals surface area (Å²) in [6.07, 6.45) is 6.08. The third kappa shape index (κ3) is 7.20. The van der Waals surface area contributed by atoms with Crippen molar-refractivity contribution in [3.05, 3.63) is 106 Å². The molecule has 3 aromatic carbocycles. The molecule has 3 aromatic rings. The number of aryl methyl sites for hydroxylation is 1. The van der Waals surface area contributed by atoms with E-state index in [1.807, 2.05) is 73.7 Å². The number of hydrogen-bond donors (Lipinski definition) is 1. The van der Waals surface area contributed by atoms with Crippen molar-refractivity contribution in [2.24, 2.45) is 0 Å². The van der Waals surface area contributed by atoms with E-state index >= 15 is 0 Å². The van der Waals surface area contributed by atoms with Crippen LogP contribution >= 0.6 is 11.6 Å². The molecule has 0 radical (unpaired) electrons. The van der Waals surface area contributed by atoms with Gasteiger partial charge in [-0.3, -0.25) is 9.59 Å². The molecular weight excluding hydrogens is 468 g/mol. The molecule has 4 rings (SSSR count). The minimum absolute atomic E-state index is 0.0779. The van der Waals surface area contributed by atoms with E-state index in [-0.39, 0.29) is 24.3 Å². The van der Waals surface area contributed by atoms with Crippen molar-refractivity contribution in [1.29, 1.82) is 0 Å². The summed E-state index contributed by atoms with van der Waals surface area (Å²) in [6, 6.07) is 25.0. The predicted octanol–water partition coefficient (Wildman–Crippen LogP) is 6.28. The van der Waals surface area contributed by atoms with Gasteiger partial charge in [-0.15, -0.1) is 0 Å². The zero-order valence-electron chi connectivity index (χ0n) is 21.0. The number of rotatable bonds is 9. The minimum Gasteiger partial charge on any atom is -0.352 e. The number of nitrogens with zero attached hydrogens (tertiary/aromatic N) is 1. The van der Waals surface area contributed by atoms with E-state index in [1.54, 1.807) is 11.0 Å². The molecule has 36 heavy (non-hydrogen) atoms. The van der Waals surface area contributed by atoms with Crippen LogP contribution in [-0.2, 0) is 29.0 Å². The van der Waals surface area contributed by atoms with E-state index in [1.165, 1.54) is 6.42 Å². The predicted molar refractivity (Wildman–Crippen MR) is 146 cm³/mol. The van der Waals surface area contributed by atoms with Gasteiger partial charge in [0.15, 0.2) is 0 Å². The Labute approximate surface area is 219 Å². The maximum atomic E-state index is 13.9. The van der Waals surface area contributed by atoms with Gasteiger partial charge in [-0.25, -0.2) is 0 Å². The summed E-state index contributed by atoms with van der Waals surface area (Å²) in [7, 11) is 0. The van der Waals surface area contributed by atoms with E-state index in [4.69, 9.17) is 11.6 Å². The number of carbonyl (C=O) groups is 2. The molecule has 0 bridgehead atoms. The first-order valence-electron chi connectivity index (χ1n) is 12.9. The van der Waals surface area contributed by atoms with E-state index in [0.717, 1.165) is 47.9 Å². The Balaban J connectivity index is 1.66. The van der Waals surface area contributed by atoms with Crippen LogP contribution in [0.2, 0.25) is 5.02 Å². The van der Waals surface area contributed by atoms with Gasteiger partial charge in [-0.2, -0.15) is 0 Å². The quantitative estimate of drug-likeness (QED) is 0.374. The Morgan fingerprint density at radius 2 is 1.61 bits per heavy atom. The van der Waals surface area contributed by atoms with Gasteiger partial charge in [0.1, 0.15) is 6.04 Å². The molecule has 1 N–H and O–H groups in total. The average Bonchev–Trinajstić information content (AvgIpc) is 2.88. The summed E-state index contributed by atoms with van der Waals surface area (Å²) < 4.78 is 0. The Bertz CT molecular complexity index is 1160. The molecule has 4 nitrogen and oxygen atoms in total. The van der Waals surface area contributed by atoms with Crippen LogP contribution in [0.3, 0.4) is 0 Å². The maximum absolute atomic E-state index is 13.9. The Hall–Kier alpha value is -3.11. The molecule has 5 heteroatoms. The van der Waals surface area contributed by atoms with Crippen LogP contribution < -0.4 is 5.32 Å². The molecule has 1 fully saturated rings. The number of amides is 2. The number of nitrogens with one attached hydrogen (secondary N) is 1. The average molecular weight is 503 g/mol. The standard InChI is InChI=1S/C31H35ClN2O2/c1-23-11-10-14-25(19-23)22-34(30(35)21-26-15-8-9-18-28(26)32)29(20-24-12-4-2-5-13-24)31(36)33-27-16-6-3-7-17-27/h2,4-5,8-15,18-19,27,29H,3,6-7,16-17,20-22H2,1H3,(H,33,36)/t29-/m0/s1. The highest BCUT2D eigenvalue weighted by Gasteiger charge is 2.32. The zero-order valence-corrected chi connectivity index (χ0v) is 21.7. The van der Waals surface area contributed by atoms with Gasteiger partial charge in [-0.05, 0) is 42.5 Å². The van der Waals surface area contributed by atoms with Crippen LogP contribution in [0.4, 0.5) is 0 Å². The summed E-state index contributed by atoms with van der Waals surface area (Å²) in [4.78, 5) is 29.4. The molecule has 0 saturated heterocycles. The first-order chi connectivity index (χ1) is 17.5. The van der Waals surface area contributed by atoms with E-state index in [2.05, 4.69) is 11.4 Å². The van der Waals surface area contributed by atoms with Gasteiger partial charge in [-0.1, -0.05) is 109 Å². The molecule has 1 saturated carbocycles. The Kier molecular flexibility index (Phi) is 9.18. The van der Waals surface area contributed by atoms with Crippen molar-refractivity contribution in [3.8, 4) is 0 Å². The minimum atomic E-state index is -0.621. The van der Waals surface area contributed by atoms with Gasteiger partial charge in [0.05, 0.1) is 6.42 Å². The van der Waals surface area contributed by atoms with Crippen molar-refractivity contribution in [2.45, 2.75) is 70.5 Å². The van der Waals surface area contributed by atoms with Crippen LogP contribution in [0.5, 0.6) is 0 Å². The fraction of sp³-hybridized carbons (Fsp3) is 0.355. The van der Waals surface area contributed by atoms with Gasteiger partial charge in [0, 0.05) is 24.0 Å². The second kappa shape index (κ2) is 12.7. The fourth-order valence-electron chi connectivity index (χ4n) is 5.01. The van der Waals surface area contributed by atoms with Gasteiger partial charge < -0.3 is 10.2 Å². The largest absolute Gasteiger partial charge is 0.352 e. The highest BCUT2D eigenvalue weighted by atomic mass is 35.5. The molecule has 0 aliphatic heterocycles. The molecule has 0 spiro atoms. The van der Waals surface area contributed by atoms with Crippen molar-refractivity contribution in [3.63, 3.8) is 0 Å². The summed E-state index contributed by atoms with van der Waals surface area (Å²) in [5.74, 6) is -0.185. The number of benzene rings is 3. The molecule has 1 aliphatic carbocycles. The van der Waals surface area contributed by atoms with Gasteiger partial charge >= 0.3 is 0 Å². The highest BCUT2D eigenvalue weighted by molar-refractivity contribution is 6.31. The number of hydrogen-bond acceptors (Lipinski definition) is 2. The van der Waals surface area contributed by atoms with E-state index < -0.39 is 6.04 Å². The summed E-state index contributed by atoms with van der Waals surface area (Å²) in [6.45, 7) is 2.40. The van der Waals surface area contributed by atoms with E-state index in [0.29, 0.717) is 18.0 Å². The van der Waals surface area contributed by atoms with Crippen LogP contribution in [0.15, 0.2) is 78.9 Å². The SMILES string of the molecule is Cc1cccc(CN(C(=O)Cc2ccccc2Cl)[C@@H](Cc2ccccc2)C(=O)NC2CCCCC2)c1. The normalized spacial score (nSPS) is 14.7. The van der Waals surface area contributed by atoms with Crippen LogP contribution in [0, 0.1) is 6.92 Å². The van der Waals surface area contributed by atoms with Crippen LogP contribution in [0.1, 0.15) is 54.4 Å². The monoisotopic (exact) mass is 502 g/mol. The zero-order chi connectivity index (χ0) is 25.3. The summed E-state index contributed by atoms with van der Waals surface area (Å²) >= 11 is 6.40. The Morgan fingerprint density at radius 1 is 0.917 bits per heavy atom. The van der Waals surface area contributed by atoms with Crippen LogP contribution in [-0.4, -0.2) is 28.8 Å². The molecule has 1 atom stereocenters. The third-order valence-electron chi connectivity index (χ3n) is 6.96. The molecule has 0 unspecified atom stereocenters. The first-order valence-corrected chi connectivity index (χ1v) is 13.3. The fourth-order valence-corrected chi connectivity index (χ4v) is 5.21.